The average molecular weight is 258 g/mol. The van der Waals surface area contributed by atoms with Gasteiger partial charge in [-0.1, -0.05) is 20.3 Å². The lowest BCUT2D eigenvalue weighted by Crippen LogP contribution is -2.12. The lowest BCUT2D eigenvalue weighted by molar-refractivity contribution is 0.0696. The highest BCUT2D eigenvalue weighted by Gasteiger charge is 2.17. The second kappa shape index (κ2) is 6.61. The average Bonchev–Trinajstić information content (AvgIpc) is 2.69. The first-order chi connectivity index (χ1) is 8.08. The third-order valence-electron chi connectivity index (χ3n) is 2.27. The van der Waals surface area contributed by atoms with Crippen molar-refractivity contribution in [2.45, 2.75) is 26.7 Å². The van der Waals surface area contributed by atoms with Gasteiger partial charge in [0.15, 0.2) is 4.88 Å². The third kappa shape index (κ3) is 4.02. The summed E-state index contributed by atoms with van der Waals surface area (Å²) >= 11 is 1.26. The number of ether oxygens (including phenoxy) is 1. The van der Waals surface area contributed by atoms with Crippen LogP contribution in [0.5, 0.6) is 5.75 Å². The molecule has 1 atom stereocenters. The molecule has 96 valence electrons. The predicted octanol–water partition coefficient (Wildman–Crippen LogP) is 2.41. The van der Waals surface area contributed by atoms with E-state index in [0.29, 0.717) is 12.4 Å². The molecule has 1 aromatic heterocycles. The van der Waals surface area contributed by atoms with Gasteiger partial charge in [-0.2, -0.15) is 0 Å². The highest BCUT2D eigenvalue weighted by Crippen LogP contribution is 2.30. The topological polar surface area (TPSA) is 66.8 Å². The molecule has 0 fully saturated rings. The summed E-state index contributed by atoms with van der Waals surface area (Å²) in [6.07, 6.45) is 1.84. The minimum atomic E-state index is -0.955. The van der Waals surface area contributed by atoms with Crippen LogP contribution in [0.1, 0.15) is 34.8 Å². The molecule has 0 aliphatic carbocycles. The van der Waals surface area contributed by atoms with Gasteiger partial charge in [-0.3, -0.25) is 0 Å². The number of aliphatic hydroxyl groups is 1. The van der Waals surface area contributed by atoms with Gasteiger partial charge in [-0.15, -0.1) is 11.3 Å². The van der Waals surface area contributed by atoms with Crippen molar-refractivity contribution in [1.82, 2.24) is 0 Å². The molecule has 0 saturated heterocycles. The molecule has 0 bridgehead atoms. The molecule has 0 amide bonds. The van der Waals surface area contributed by atoms with E-state index in [9.17, 15) is 4.79 Å². The van der Waals surface area contributed by atoms with Gasteiger partial charge in [0.1, 0.15) is 5.75 Å². The summed E-state index contributed by atoms with van der Waals surface area (Å²) in [6, 6.07) is 1.79. The van der Waals surface area contributed by atoms with Gasteiger partial charge in [-0.25, -0.2) is 4.79 Å². The zero-order valence-corrected chi connectivity index (χ0v) is 10.9. The van der Waals surface area contributed by atoms with Gasteiger partial charge in [0.25, 0.3) is 0 Å². The van der Waals surface area contributed by atoms with Crippen molar-refractivity contribution < 1.29 is 19.7 Å². The second-order valence-electron chi connectivity index (χ2n) is 4.06. The van der Waals surface area contributed by atoms with Gasteiger partial charge in [0, 0.05) is 17.4 Å². The van der Waals surface area contributed by atoms with E-state index in [-0.39, 0.29) is 17.4 Å². The number of thiophene rings is 1. The highest BCUT2D eigenvalue weighted by atomic mass is 32.1. The van der Waals surface area contributed by atoms with Gasteiger partial charge >= 0.3 is 5.97 Å². The van der Waals surface area contributed by atoms with Crippen molar-refractivity contribution >= 4 is 17.3 Å². The Morgan fingerprint density at radius 1 is 1.59 bits per heavy atom. The number of carboxylic acid groups (broad SMARTS) is 1. The summed E-state index contributed by atoms with van der Waals surface area (Å²) in [5, 5.41) is 17.9. The van der Waals surface area contributed by atoms with Gasteiger partial charge in [0.05, 0.1) is 6.61 Å². The molecule has 0 spiro atoms. The minimum absolute atomic E-state index is 0.00571. The molecule has 17 heavy (non-hydrogen) atoms. The van der Waals surface area contributed by atoms with Crippen molar-refractivity contribution in [3.8, 4) is 5.75 Å². The van der Waals surface area contributed by atoms with E-state index in [2.05, 4.69) is 6.92 Å². The third-order valence-corrected chi connectivity index (χ3v) is 3.44. The first kappa shape index (κ1) is 14.0. The fraction of sp³-hybridized carbons (Fsp3) is 0.583. The molecular formula is C12H18O4S. The highest BCUT2D eigenvalue weighted by molar-refractivity contribution is 7.14. The Hall–Kier alpha value is -1.07. The number of aryl methyl sites for hydroxylation is 1. The van der Waals surface area contributed by atoms with Gasteiger partial charge < -0.3 is 14.9 Å². The van der Waals surface area contributed by atoms with Crippen LogP contribution in [0.15, 0.2) is 6.07 Å². The van der Waals surface area contributed by atoms with Crippen LogP contribution in [-0.4, -0.2) is 29.4 Å². The summed E-state index contributed by atoms with van der Waals surface area (Å²) in [4.78, 5) is 12.3. The SMILES string of the molecule is CCCc1cc(OCC(C)CO)c(C(=O)O)s1. The summed E-state index contributed by atoms with van der Waals surface area (Å²) < 4.78 is 5.45. The summed E-state index contributed by atoms with van der Waals surface area (Å²) in [5.41, 5.74) is 0. The molecule has 0 aromatic carbocycles. The Morgan fingerprint density at radius 3 is 2.82 bits per heavy atom. The monoisotopic (exact) mass is 258 g/mol. The van der Waals surface area contributed by atoms with E-state index in [0.717, 1.165) is 17.7 Å². The number of aromatic carboxylic acids is 1. The molecular weight excluding hydrogens is 240 g/mol. The van der Waals surface area contributed by atoms with Crippen LogP contribution in [0.2, 0.25) is 0 Å². The van der Waals surface area contributed by atoms with Crippen molar-refractivity contribution in [3.63, 3.8) is 0 Å². The molecule has 1 heterocycles. The van der Waals surface area contributed by atoms with Gasteiger partial charge in [0.2, 0.25) is 0 Å². The number of carboxylic acids is 1. The number of carbonyl (C=O) groups is 1. The van der Waals surface area contributed by atoms with Crippen LogP contribution in [0, 0.1) is 5.92 Å². The van der Waals surface area contributed by atoms with Crippen LogP contribution in [0.4, 0.5) is 0 Å². The molecule has 1 unspecified atom stereocenters. The summed E-state index contributed by atoms with van der Waals surface area (Å²) in [5.74, 6) is -0.526. The zero-order valence-electron chi connectivity index (χ0n) is 10.1. The van der Waals surface area contributed by atoms with E-state index in [1.807, 2.05) is 6.92 Å². The number of hydrogen-bond acceptors (Lipinski definition) is 4. The van der Waals surface area contributed by atoms with E-state index in [1.54, 1.807) is 6.07 Å². The fourth-order valence-electron chi connectivity index (χ4n) is 1.33. The van der Waals surface area contributed by atoms with E-state index in [4.69, 9.17) is 14.9 Å². The molecule has 2 N–H and O–H groups in total. The smallest absolute Gasteiger partial charge is 0.349 e. The molecule has 1 aromatic rings. The molecule has 0 aliphatic heterocycles. The summed E-state index contributed by atoms with van der Waals surface area (Å²) in [7, 11) is 0. The first-order valence-electron chi connectivity index (χ1n) is 5.68. The Kier molecular flexibility index (Phi) is 5.44. The first-order valence-corrected chi connectivity index (χ1v) is 6.49. The standard InChI is InChI=1S/C12H18O4S/c1-3-4-9-5-10(11(17-9)12(14)15)16-7-8(2)6-13/h5,8,13H,3-4,6-7H2,1-2H3,(H,14,15). The predicted molar refractivity (Wildman–Crippen MR) is 67.0 cm³/mol. The van der Waals surface area contributed by atoms with Crippen LogP contribution in [0.25, 0.3) is 0 Å². The molecule has 5 heteroatoms. The largest absolute Gasteiger partial charge is 0.491 e. The van der Waals surface area contributed by atoms with E-state index in [1.165, 1.54) is 11.3 Å². The lowest BCUT2D eigenvalue weighted by Gasteiger charge is -2.09. The maximum absolute atomic E-state index is 11.0. The zero-order chi connectivity index (χ0) is 12.8. The Morgan fingerprint density at radius 2 is 2.29 bits per heavy atom. The Labute approximate surface area is 105 Å². The number of rotatable bonds is 7. The molecule has 0 saturated carbocycles. The molecule has 1 rings (SSSR count). The normalized spacial score (nSPS) is 12.4. The Bertz CT molecular complexity index is 373. The van der Waals surface area contributed by atoms with Crippen molar-refractivity contribution in [2.75, 3.05) is 13.2 Å². The van der Waals surface area contributed by atoms with Crippen molar-refractivity contribution in [1.29, 1.82) is 0 Å². The number of aliphatic hydroxyl groups excluding tert-OH is 1. The molecule has 0 radical (unpaired) electrons. The van der Waals surface area contributed by atoms with Crippen LogP contribution in [-0.2, 0) is 6.42 Å². The second-order valence-corrected chi connectivity index (χ2v) is 5.20. The van der Waals surface area contributed by atoms with E-state index < -0.39 is 5.97 Å². The van der Waals surface area contributed by atoms with Crippen LogP contribution in [0.3, 0.4) is 0 Å². The number of hydrogen-bond donors (Lipinski definition) is 2. The Balaban J connectivity index is 2.77. The summed E-state index contributed by atoms with van der Waals surface area (Å²) in [6.45, 7) is 4.27. The quantitative estimate of drug-likeness (QED) is 0.788. The molecule has 0 aliphatic rings. The minimum Gasteiger partial charge on any atom is -0.491 e. The molecule has 4 nitrogen and oxygen atoms in total. The maximum Gasteiger partial charge on any atom is 0.349 e. The fourth-order valence-corrected chi connectivity index (χ4v) is 2.37. The van der Waals surface area contributed by atoms with Crippen molar-refractivity contribution in [3.05, 3.63) is 15.8 Å². The lowest BCUT2D eigenvalue weighted by atomic mass is 10.2. The van der Waals surface area contributed by atoms with Gasteiger partial charge in [-0.05, 0) is 12.5 Å². The maximum atomic E-state index is 11.0. The van der Waals surface area contributed by atoms with Crippen molar-refractivity contribution in [2.24, 2.45) is 5.92 Å². The van der Waals surface area contributed by atoms with Crippen LogP contribution >= 0.6 is 11.3 Å². The van der Waals surface area contributed by atoms with E-state index >= 15 is 0 Å². The van der Waals surface area contributed by atoms with Crippen LogP contribution < -0.4 is 4.74 Å².